The number of halogens is 1. The number of nitrogens with zero attached hydrogens (tertiary/aromatic N) is 2. The van der Waals surface area contributed by atoms with E-state index in [1.807, 2.05) is 18.2 Å². The Morgan fingerprint density at radius 1 is 1.25 bits per heavy atom. The molecule has 0 amide bonds. The maximum atomic E-state index is 11.3. The number of fused-ring (bicyclic) bond motifs is 1. The molecule has 6 nitrogen and oxygen atoms in total. The van der Waals surface area contributed by atoms with Crippen molar-refractivity contribution in [1.82, 2.24) is 9.97 Å². The molecule has 1 aromatic heterocycles. The van der Waals surface area contributed by atoms with Crippen molar-refractivity contribution in [3.8, 4) is 0 Å². The first-order valence-electron chi connectivity index (χ1n) is 7.29. The summed E-state index contributed by atoms with van der Waals surface area (Å²) in [5.74, 6) is -0.506. The molecular formula is C17H15ClN4O2. The fraction of sp³-hybridized carbons (Fsp3) is 0.118. The summed E-state index contributed by atoms with van der Waals surface area (Å²) in [5, 5.41) is 13.8. The molecule has 2 aromatic carbocycles. The average molecular weight is 343 g/mol. The molecular weight excluding hydrogens is 328 g/mol. The van der Waals surface area contributed by atoms with Crippen molar-refractivity contribution in [1.29, 1.82) is 0 Å². The van der Waals surface area contributed by atoms with Gasteiger partial charge in [0.25, 0.3) is 0 Å². The molecule has 1 unspecified atom stereocenters. The van der Waals surface area contributed by atoms with Gasteiger partial charge in [0.05, 0.1) is 17.1 Å². The van der Waals surface area contributed by atoms with E-state index in [0.717, 1.165) is 5.56 Å². The molecule has 3 rings (SSSR count). The van der Waals surface area contributed by atoms with Crippen molar-refractivity contribution in [3.63, 3.8) is 0 Å². The lowest BCUT2D eigenvalue weighted by molar-refractivity contribution is 0.0699. The zero-order chi connectivity index (χ0) is 17.1. The van der Waals surface area contributed by atoms with Crippen molar-refractivity contribution in [2.24, 2.45) is 5.73 Å². The molecule has 3 aromatic rings. The number of anilines is 1. The third-order valence-corrected chi connectivity index (χ3v) is 3.93. The lowest BCUT2D eigenvalue weighted by Gasteiger charge is -2.19. The van der Waals surface area contributed by atoms with Gasteiger partial charge in [0, 0.05) is 17.0 Å². The van der Waals surface area contributed by atoms with Crippen molar-refractivity contribution in [3.05, 3.63) is 64.9 Å². The molecule has 0 aliphatic rings. The van der Waals surface area contributed by atoms with Crippen LogP contribution < -0.4 is 11.1 Å². The highest BCUT2D eigenvalue weighted by Crippen LogP contribution is 2.26. The molecule has 7 heteroatoms. The number of carbonyl (C=O) groups is 1. The number of hydrogen-bond donors (Lipinski definition) is 3. The van der Waals surface area contributed by atoms with Crippen LogP contribution in [0.1, 0.15) is 22.0 Å². The number of carboxylic acid groups (broad SMARTS) is 1. The molecule has 0 bridgehead atoms. The molecule has 0 saturated carbocycles. The highest BCUT2D eigenvalue weighted by Gasteiger charge is 2.15. The monoisotopic (exact) mass is 342 g/mol. The van der Waals surface area contributed by atoms with Crippen LogP contribution in [-0.4, -0.2) is 27.6 Å². The number of nitrogens with two attached hydrogens (primary N) is 1. The van der Waals surface area contributed by atoms with Crippen molar-refractivity contribution in [2.75, 3.05) is 11.9 Å². The van der Waals surface area contributed by atoms with Crippen LogP contribution in [0.25, 0.3) is 10.9 Å². The lowest BCUT2D eigenvalue weighted by atomic mass is 10.1. The first kappa shape index (κ1) is 16.2. The topological polar surface area (TPSA) is 101 Å². The van der Waals surface area contributed by atoms with E-state index in [4.69, 9.17) is 17.3 Å². The minimum atomic E-state index is -1.03. The summed E-state index contributed by atoms with van der Waals surface area (Å²) < 4.78 is 0. The van der Waals surface area contributed by atoms with E-state index in [9.17, 15) is 9.90 Å². The third kappa shape index (κ3) is 3.15. The largest absolute Gasteiger partial charge is 0.478 e. The molecule has 1 heterocycles. The zero-order valence-electron chi connectivity index (χ0n) is 12.6. The fourth-order valence-electron chi connectivity index (χ4n) is 2.54. The van der Waals surface area contributed by atoms with Crippen LogP contribution in [0.5, 0.6) is 0 Å². The van der Waals surface area contributed by atoms with Gasteiger partial charge in [-0.3, -0.25) is 0 Å². The molecule has 0 aliphatic carbocycles. The van der Waals surface area contributed by atoms with Gasteiger partial charge in [-0.25, -0.2) is 14.8 Å². The number of nitrogens with one attached hydrogen (secondary N) is 1. The van der Waals surface area contributed by atoms with Crippen LogP contribution in [0.3, 0.4) is 0 Å². The van der Waals surface area contributed by atoms with E-state index < -0.39 is 5.97 Å². The van der Waals surface area contributed by atoms with Gasteiger partial charge in [-0.05, 0) is 29.8 Å². The van der Waals surface area contributed by atoms with Crippen LogP contribution in [0.2, 0.25) is 5.02 Å². The highest BCUT2D eigenvalue weighted by molar-refractivity contribution is 6.30. The van der Waals surface area contributed by atoms with Gasteiger partial charge >= 0.3 is 5.97 Å². The number of aromatic nitrogens is 2. The Balaban J connectivity index is 2.03. The Morgan fingerprint density at radius 3 is 2.75 bits per heavy atom. The van der Waals surface area contributed by atoms with Crippen molar-refractivity contribution < 1.29 is 9.90 Å². The summed E-state index contributed by atoms with van der Waals surface area (Å²) >= 11 is 6.04. The van der Waals surface area contributed by atoms with Gasteiger partial charge in [0.15, 0.2) is 0 Å². The normalized spacial score (nSPS) is 12.1. The Hall–Kier alpha value is -2.70. The summed E-state index contributed by atoms with van der Waals surface area (Å²) in [6, 6.07) is 12.1. The Morgan fingerprint density at radius 2 is 2.04 bits per heavy atom. The van der Waals surface area contributed by atoms with E-state index in [2.05, 4.69) is 15.3 Å². The molecule has 1 atom stereocenters. The molecule has 0 spiro atoms. The maximum absolute atomic E-state index is 11.3. The van der Waals surface area contributed by atoms with Gasteiger partial charge in [0.1, 0.15) is 12.1 Å². The van der Waals surface area contributed by atoms with Crippen molar-refractivity contribution >= 4 is 34.3 Å². The van der Waals surface area contributed by atoms with Gasteiger partial charge in [-0.1, -0.05) is 29.8 Å². The SMILES string of the molecule is NCC(Nc1ncnc2c(C(=O)O)cccc12)c1cccc(Cl)c1. The summed E-state index contributed by atoms with van der Waals surface area (Å²) in [6.07, 6.45) is 1.34. The number of hydrogen-bond acceptors (Lipinski definition) is 5. The summed E-state index contributed by atoms with van der Waals surface area (Å²) in [6.45, 7) is 0.324. The fourth-order valence-corrected chi connectivity index (χ4v) is 2.74. The lowest BCUT2D eigenvalue weighted by Crippen LogP contribution is -2.21. The van der Waals surface area contributed by atoms with Gasteiger partial charge in [0.2, 0.25) is 0 Å². The number of aromatic carboxylic acids is 1. The van der Waals surface area contributed by atoms with E-state index in [-0.39, 0.29) is 11.6 Å². The minimum absolute atomic E-state index is 0.130. The second kappa shape index (κ2) is 6.82. The van der Waals surface area contributed by atoms with Crippen LogP contribution in [0.4, 0.5) is 5.82 Å². The maximum Gasteiger partial charge on any atom is 0.337 e. The molecule has 0 saturated heterocycles. The van der Waals surface area contributed by atoms with E-state index in [1.165, 1.54) is 12.4 Å². The van der Waals surface area contributed by atoms with Crippen molar-refractivity contribution in [2.45, 2.75) is 6.04 Å². The number of para-hydroxylation sites is 1. The molecule has 0 aliphatic heterocycles. The standard InChI is InChI=1S/C17H15ClN4O2/c18-11-4-1-3-10(7-11)14(8-19)22-16-12-5-2-6-13(17(23)24)15(12)20-9-21-16/h1-7,9,14H,8,19H2,(H,23,24)(H,20,21,22). The quantitative estimate of drug-likeness (QED) is 0.658. The second-order valence-electron chi connectivity index (χ2n) is 5.22. The van der Waals surface area contributed by atoms with Crippen LogP contribution >= 0.6 is 11.6 Å². The van der Waals surface area contributed by atoms with Crippen LogP contribution in [0.15, 0.2) is 48.8 Å². The van der Waals surface area contributed by atoms with Gasteiger partial charge < -0.3 is 16.2 Å². The summed E-state index contributed by atoms with van der Waals surface area (Å²) in [5.41, 5.74) is 7.31. The molecule has 0 radical (unpaired) electrons. The summed E-state index contributed by atoms with van der Waals surface area (Å²) in [7, 11) is 0. The Labute approximate surface area is 143 Å². The zero-order valence-corrected chi connectivity index (χ0v) is 13.4. The van der Waals surface area contributed by atoms with Gasteiger partial charge in [-0.2, -0.15) is 0 Å². The van der Waals surface area contributed by atoms with E-state index in [1.54, 1.807) is 18.2 Å². The first-order chi connectivity index (χ1) is 11.6. The highest BCUT2D eigenvalue weighted by atomic mass is 35.5. The number of benzene rings is 2. The molecule has 24 heavy (non-hydrogen) atoms. The molecule has 0 fully saturated rings. The Bertz CT molecular complexity index is 901. The van der Waals surface area contributed by atoms with Crippen LogP contribution in [-0.2, 0) is 0 Å². The van der Waals surface area contributed by atoms with Crippen LogP contribution in [0, 0.1) is 0 Å². The van der Waals surface area contributed by atoms with E-state index in [0.29, 0.717) is 28.3 Å². The second-order valence-corrected chi connectivity index (χ2v) is 5.65. The predicted octanol–water partition coefficient (Wildman–Crippen LogP) is 3.09. The first-order valence-corrected chi connectivity index (χ1v) is 7.67. The Kier molecular flexibility index (Phi) is 4.59. The average Bonchev–Trinajstić information content (AvgIpc) is 2.59. The molecule has 4 N–H and O–H groups in total. The minimum Gasteiger partial charge on any atom is -0.478 e. The predicted molar refractivity (Wildman–Crippen MR) is 93.4 cm³/mol. The number of carboxylic acids is 1. The smallest absolute Gasteiger partial charge is 0.337 e. The molecule has 122 valence electrons. The van der Waals surface area contributed by atoms with E-state index >= 15 is 0 Å². The number of rotatable bonds is 5. The third-order valence-electron chi connectivity index (χ3n) is 3.69. The van der Waals surface area contributed by atoms with Gasteiger partial charge in [-0.15, -0.1) is 0 Å². The summed E-state index contributed by atoms with van der Waals surface area (Å²) in [4.78, 5) is 19.7.